The van der Waals surface area contributed by atoms with Crippen LogP contribution < -0.4 is 9.80 Å². The predicted octanol–water partition coefficient (Wildman–Crippen LogP) is 16.5. The van der Waals surface area contributed by atoms with Gasteiger partial charge in [-0.1, -0.05) is 169 Å². The summed E-state index contributed by atoms with van der Waals surface area (Å²) in [7, 11) is 0. The fourth-order valence-corrected chi connectivity index (χ4v) is 8.30. The lowest BCUT2D eigenvalue weighted by molar-refractivity contribution is 1.24. The zero-order valence-electron chi connectivity index (χ0n) is 34.7. The summed E-state index contributed by atoms with van der Waals surface area (Å²) in [6, 6.07) is 79.1. The SMILES string of the molecule is Cc1ccc(N(c2ccc(-c3ccccc3)cc2)c2ccc(-c3ccc(-c4ccc(N(c5ccc(-c6ccccc6)cc5)c5ccc(C)cc5C)cc4)cc3)cc2)c(C)c1. The van der Waals surface area contributed by atoms with E-state index in [1.807, 2.05) is 0 Å². The van der Waals surface area contributed by atoms with E-state index >= 15 is 0 Å². The van der Waals surface area contributed by atoms with Crippen molar-refractivity contribution in [3.05, 3.63) is 241 Å². The van der Waals surface area contributed by atoms with E-state index in [1.54, 1.807) is 0 Å². The number of rotatable bonds is 10. The Kier molecular flexibility index (Phi) is 10.7. The summed E-state index contributed by atoms with van der Waals surface area (Å²) in [6.45, 7) is 8.70. The highest BCUT2D eigenvalue weighted by atomic mass is 15.1. The molecule has 0 fully saturated rings. The van der Waals surface area contributed by atoms with Crippen LogP contribution in [0.5, 0.6) is 0 Å². The molecule has 9 aromatic carbocycles. The van der Waals surface area contributed by atoms with E-state index in [0.29, 0.717) is 0 Å². The Morgan fingerprint density at radius 2 is 0.467 bits per heavy atom. The van der Waals surface area contributed by atoms with Gasteiger partial charge >= 0.3 is 0 Å². The van der Waals surface area contributed by atoms with E-state index in [4.69, 9.17) is 0 Å². The van der Waals surface area contributed by atoms with Crippen molar-refractivity contribution in [1.29, 1.82) is 0 Å². The van der Waals surface area contributed by atoms with Crippen LogP contribution in [0.15, 0.2) is 218 Å². The molecule has 60 heavy (non-hydrogen) atoms. The third kappa shape index (κ3) is 8.01. The molecule has 0 bridgehead atoms. The van der Waals surface area contributed by atoms with Gasteiger partial charge in [-0.15, -0.1) is 0 Å². The highest BCUT2D eigenvalue weighted by Crippen LogP contribution is 2.41. The molecule has 0 saturated heterocycles. The molecule has 0 aliphatic carbocycles. The van der Waals surface area contributed by atoms with Crippen molar-refractivity contribution >= 4 is 34.1 Å². The van der Waals surface area contributed by atoms with Crippen LogP contribution in [0.3, 0.4) is 0 Å². The highest BCUT2D eigenvalue weighted by Gasteiger charge is 2.17. The largest absolute Gasteiger partial charge is 0.310 e. The maximum atomic E-state index is 2.36. The van der Waals surface area contributed by atoms with Crippen LogP contribution in [0, 0.1) is 27.7 Å². The van der Waals surface area contributed by atoms with Gasteiger partial charge < -0.3 is 9.80 Å². The summed E-state index contributed by atoms with van der Waals surface area (Å²) in [5, 5.41) is 0. The van der Waals surface area contributed by atoms with Crippen LogP contribution in [0.25, 0.3) is 44.5 Å². The van der Waals surface area contributed by atoms with Crippen LogP contribution >= 0.6 is 0 Å². The van der Waals surface area contributed by atoms with Gasteiger partial charge in [0.15, 0.2) is 0 Å². The minimum atomic E-state index is 1.12. The van der Waals surface area contributed by atoms with Crippen molar-refractivity contribution in [2.24, 2.45) is 0 Å². The lowest BCUT2D eigenvalue weighted by atomic mass is 9.99. The fourth-order valence-electron chi connectivity index (χ4n) is 8.30. The summed E-state index contributed by atoms with van der Waals surface area (Å²) in [4.78, 5) is 4.72. The molecule has 0 radical (unpaired) electrons. The molecule has 0 N–H and O–H groups in total. The van der Waals surface area contributed by atoms with Gasteiger partial charge in [0.25, 0.3) is 0 Å². The molecule has 0 heterocycles. The van der Waals surface area contributed by atoms with Crippen LogP contribution in [0.4, 0.5) is 34.1 Å². The van der Waals surface area contributed by atoms with E-state index in [1.165, 1.54) is 78.1 Å². The van der Waals surface area contributed by atoms with Gasteiger partial charge in [-0.2, -0.15) is 0 Å². The van der Waals surface area contributed by atoms with Crippen LogP contribution in [0.2, 0.25) is 0 Å². The average Bonchev–Trinajstić information content (AvgIpc) is 3.30. The molecule has 0 amide bonds. The number of benzene rings is 9. The molecule has 0 spiro atoms. The Morgan fingerprint density at radius 1 is 0.233 bits per heavy atom. The minimum Gasteiger partial charge on any atom is -0.310 e. The topological polar surface area (TPSA) is 6.48 Å². The van der Waals surface area contributed by atoms with Gasteiger partial charge in [0.05, 0.1) is 0 Å². The molecule has 2 nitrogen and oxygen atoms in total. The lowest BCUT2D eigenvalue weighted by Crippen LogP contribution is -2.11. The minimum absolute atomic E-state index is 1.12. The van der Waals surface area contributed by atoms with Crippen LogP contribution in [0.1, 0.15) is 22.3 Å². The smallest absolute Gasteiger partial charge is 0.0490 e. The third-order valence-electron chi connectivity index (χ3n) is 11.5. The van der Waals surface area contributed by atoms with Crippen LogP contribution in [-0.2, 0) is 0 Å². The van der Waals surface area contributed by atoms with Crippen molar-refractivity contribution in [3.63, 3.8) is 0 Å². The van der Waals surface area contributed by atoms with Gasteiger partial charge in [0.2, 0.25) is 0 Å². The Morgan fingerprint density at radius 3 is 0.717 bits per heavy atom. The second-order valence-corrected chi connectivity index (χ2v) is 15.7. The number of aryl methyl sites for hydroxylation is 4. The fraction of sp³-hybridized carbons (Fsp3) is 0.0690. The molecule has 9 rings (SSSR count). The van der Waals surface area contributed by atoms with Gasteiger partial charge in [0, 0.05) is 34.1 Å². The first-order chi connectivity index (χ1) is 29.4. The second kappa shape index (κ2) is 16.8. The van der Waals surface area contributed by atoms with E-state index in [9.17, 15) is 0 Å². The Hall–Kier alpha value is -7.42. The summed E-state index contributed by atoms with van der Waals surface area (Å²) < 4.78 is 0. The average molecular weight is 773 g/mol. The first-order valence-electron chi connectivity index (χ1n) is 20.7. The van der Waals surface area contributed by atoms with Crippen LogP contribution in [-0.4, -0.2) is 0 Å². The normalized spacial score (nSPS) is 11.0. The molecule has 290 valence electrons. The lowest BCUT2D eigenvalue weighted by Gasteiger charge is -2.28. The van der Waals surface area contributed by atoms with Crippen molar-refractivity contribution in [2.45, 2.75) is 27.7 Å². The molecule has 2 heteroatoms. The Labute approximate surface area is 355 Å². The summed E-state index contributed by atoms with van der Waals surface area (Å²) >= 11 is 0. The summed E-state index contributed by atoms with van der Waals surface area (Å²) in [5.74, 6) is 0. The molecule has 0 aliphatic heterocycles. The van der Waals surface area contributed by atoms with E-state index in [0.717, 1.165) is 22.7 Å². The van der Waals surface area contributed by atoms with Crippen molar-refractivity contribution in [2.75, 3.05) is 9.80 Å². The predicted molar refractivity (Wildman–Crippen MR) is 256 cm³/mol. The zero-order valence-corrected chi connectivity index (χ0v) is 34.7. The summed E-state index contributed by atoms with van der Waals surface area (Å²) in [5.41, 5.74) is 21.4. The molecule has 0 atom stereocenters. The Balaban J connectivity index is 0.971. The van der Waals surface area contributed by atoms with Gasteiger partial charge in [-0.05, 0) is 144 Å². The highest BCUT2D eigenvalue weighted by molar-refractivity contribution is 5.83. The molecule has 0 aromatic heterocycles. The quantitative estimate of drug-likeness (QED) is 0.137. The summed E-state index contributed by atoms with van der Waals surface area (Å²) in [6.07, 6.45) is 0. The van der Waals surface area contributed by atoms with Crippen molar-refractivity contribution in [1.82, 2.24) is 0 Å². The molecule has 0 saturated carbocycles. The molecule has 9 aromatic rings. The van der Waals surface area contributed by atoms with Gasteiger partial charge in [-0.3, -0.25) is 0 Å². The number of hydrogen-bond acceptors (Lipinski definition) is 2. The molecule has 0 unspecified atom stereocenters. The third-order valence-corrected chi connectivity index (χ3v) is 11.5. The maximum Gasteiger partial charge on any atom is 0.0490 e. The molecular formula is C58H48N2. The Bertz CT molecular complexity index is 2640. The number of anilines is 6. The van der Waals surface area contributed by atoms with E-state index < -0.39 is 0 Å². The van der Waals surface area contributed by atoms with E-state index in [-0.39, 0.29) is 0 Å². The first kappa shape index (κ1) is 38.1. The maximum absolute atomic E-state index is 2.36. The number of hydrogen-bond donors (Lipinski definition) is 0. The standard InChI is InChI=1S/C58H48N2/c1-41-15-37-57(43(3)39-41)59(53-29-21-49(22-30-53)45-11-7-5-8-12-45)55-33-25-51(26-34-55)47-17-19-48(20-18-47)52-27-35-56(36-28-52)60(58-38-16-42(2)40-44(58)4)54-31-23-50(24-32-54)46-13-9-6-10-14-46/h5-40H,1-4H3. The van der Waals surface area contributed by atoms with E-state index in [2.05, 4.69) is 256 Å². The first-order valence-corrected chi connectivity index (χ1v) is 20.7. The monoisotopic (exact) mass is 772 g/mol. The molecule has 0 aliphatic rings. The van der Waals surface area contributed by atoms with Gasteiger partial charge in [-0.25, -0.2) is 0 Å². The zero-order chi connectivity index (χ0) is 41.0. The van der Waals surface area contributed by atoms with Crippen molar-refractivity contribution in [3.8, 4) is 44.5 Å². The number of nitrogens with zero attached hydrogens (tertiary/aromatic N) is 2. The van der Waals surface area contributed by atoms with Crippen molar-refractivity contribution < 1.29 is 0 Å². The van der Waals surface area contributed by atoms with Gasteiger partial charge in [0.1, 0.15) is 0 Å². The molecular weight excluding hydrogens is 725 g/mol. The second-order valence-electron chi connectivity index (χ2n) is 15.7.